The molecular weight excluding hydrogens is 140 g/mol. The summed E-state index contributed by atoms with van der Waals surface area (Å²) in [5.74, 6) is 0. The van der Waals surface area contributed by atoms with Gasteiger partial charge in [0.25, 0.3) is 0 Å². The van der Waals surface area contributed by atoms with Crippen molar-refractivity contribution in [1.29, 1.82) is 0 Å². The average Bonchev–Trinajstić information content (AvgIpc) is 1.77. The number of nitrogens with zero attached hydrogens (tertiary/aromatic N) is 2. The zero-order chi connectivity index (χ0) is 5.98. The minimum Gasteiger partial charge on any atom is -0.620 e. The Morgan fingerprint density at radius 3 is 2.62 bits per heavy atom. The number of rotatable bonds is 0. The molecule has 1 aromatic heterocycles. The van der Waals surface area contributed by atoms with Gasteiger partial charge in [0, 0.05) is 12.3 Å². The Hall–Kier alpha value is -0.480. The van der Waals surface area contributed by atoms with Crippen LogP contribution in [0, 0.1) is 0 Å². The summed E-state index contributed by atoms with van der Waals surface area (Å²) in [6, 6.07) is 3.66. The number of aromatic nitrogens is 2. The summed E-state index contributed by atoms with van der Waals surface area (Å²) in [6.07, 6.45) is 3.42. The van der Waals surface area contributed by atoms with Gasteiger partial charge in [0.05, 0.1) is 0 Å². The summed E-state index contributed by atoms with van der Waals surface area (Å²) in [5, 5.41) is 0. The highest BCUT2D eigenvalue weighted by Gasteiger charge is 1.77. The summed E-state index contributed by atoms with van der Waals surface area (Å²) in [7, 11) is 0. The number of hydrogen-bond donors (Lipinski definition) is 0. The topological polar surface area (TPSA) is 10.8 Å². The Labute approximate surface area is 58.1 Å². The van der Waals surface area contributed by atoms with E-state index in [0.717, 1.165) is 0 Å². The second kappa shape index (κ2) is 2.19. The highest BCUT2D eigenvalue weighted by molar-refractivity contribution is 7.66. The first-order valence-corrected chi connectivity index (χ1v) is 2.81. The van der Waals surface area contributed by atoms with Gasteiger partial charge in [-0.1, -0.05) is 0 Å². The lowest BCUT2D eigenvalue weighted by Gasteiger charge is -1.97. The molecule has 0 unspecified atom stereocenters. The van der Waals surface area contributed by atoms with E-state index < -0.39 is 0 Å². The lowest BCUT2D eigenvalue weighted by atomic mass is 10.6. The van der Waals surface area contributed by atoms with E-state index in [4.69, 9.17) is 25.2 Å². The maximum absolute atomic E-state index is 4.73. The van der Waals surface area contributed by atoms with E-state index in [-0.39, 0.29) is 0 Å². The lowest BCUT2D eigenvalue weighted by molar-refractivity contribution is -0.519. The maximum atomic E-state index is 4.73. The van der Waals surface area contributed by atoms with Gasteiger partial charge in [-0.3, -0.25) is 4.09 Å². The van der Waals surface area contributed by atoms with Gasteiger partial charge < -0.3 is 12.8 Å². The third-order valence-electron chi connectivity index (χ3n) is 0.733. The third-order valence-corrected chi connectivity index (χ3v) is 1.43. The molecule has 0 fully saturated rings. The monoisotopic (exact) mass is 144 g/mol. The predicted octanol–water partition coefficient (Wildman–Crippen LogP) is 0.327. The van der Waals surface area contributed by atoms with Crippen LogP contribution in [-0.4, -0.2) is 4.09 Å². The van der Waals surface area contributed by atoms with Gasteiger partial charge in [-0.25, -0.2) is 0 Å². The Morgan fingerprint density at radius 1 is 1.50 bits per heavy atom. The fourth-order valence-electron chi connectivity index (χ4n) is 0.378. The van der Waals surface area contributed by atoms with E-state index in [9.17, 15) is 0 Å². The van der Waals surface area contributed by atoms with Crippen LogP contribution in [0.15, 0.2) is 24.5 Å². The molecular formula is C4H4N2S2. The molecule has 0 aliphatic carbocycles. The van der Waals surface area contributed by atoms with E-state index >= 15 is 0 Å². The second-order valence-electron chi connectivity index (χ2n) is 1.29. The summed E-state index contributed by atoms with van der Waals surface area (Å²) in [5.41, 5.74) is 0. The summed E-state index contributed by atoms with van der Waals surface area (Å²) < 4.78 is 2.80. The second-order valence-corrected chi connectivity index (χ2v) is 2.04. The van der Waals surface area contributed by atoms with Crippen LogP contribution in [0.25, 0.3) is 0 Å². The molecule has 0 aliphatic rings. The fraction of sp³-hybridized carbons (Fsp3) is 0. The van der Waals surface area contributed by atoms with Crippen molar-refractivity contribution in [2.75, 3.05) is 0 Å². The highest BCUT2D eigenvalue weighted by atomic mass is 32.1. The van der Waals surface area contributed by atoms with Crippen molar-refractivity contribution in [3.63, 3.8) is 0 Å². The fourth-order valence-corrected chi connectivity index (χ4v) is 0.627. The van der Waals surface area contributed by atoms with Crippen molar-refractivity contribution in [3.05, 3.63) is 24.5 Å². The van der Waals surface area contributed by atoms with Crippen LogP contribution in [0.5, 0.6) is 0 Å². The average molecular weight is 144 g/mol. The van der Waals surface area contributed by atoms with Crippen molar-refractivity contribution in [1.82, 2.24) is 4.09 Å². The first-order valence-electron chi connectivity index (χ1n) is 2.08. The Kier molecular flexibility index (Phi) is 1.55. The van der Waals surface area contributed by atoms with E-state index in [1.807, 2.05) is 12.1 Å². The molecule has 0 bridgehead atoms. The smallest absolute Gasteiger partial charge is 0.303 e. The first kappa shape index (κ1) is 5.65. The molecule has 42 valence electrons. The predicted molar refractivity (Wildman–Crippen MR) is 34.8 cm³/mol. The molecule has 1 aromatic rings. The minimum atomic E-state index is 1.40. The van der Waals surface area contributed by atoms with E-state index in [1.165, 1.54) is 7.81 Å². The Bertz CT molecular complexity index is 229. The van der Waals surface area contributed by atoms with Crippen molar-refractivity contribution < 1.29 is 3.73 Å². The van der Waals surface area contributed by atoms with Gasteiger partial charge in [-0.2, -0.15) is 0 Å². The van der Waals surface area contributed by atoms with Gasteiger partial charge in [0.15, 0.2) is 0 Å². The van der Waals surface area contributed by atoms with Crippen LogP contribution in [0.4, 0.5) is 0 Å². The zero-order valence-electron chi connectivity index (χ0n) is 4.02. The first-order chi connectivity index (χ1) is 3.80. The van der Waals surface area contributed by atoms with Gasteiger partial charge in [-0.15, -0.1) is 0 Å². The summed E-state index contributed by atoms with van der Waals surface area (Å²) >= 11 is 9.46. The SMILES string of the molecule is S=[n+]1ccccn1[S-]. The number of hydrogen-bond acceptors (Lipinski definition) is 2. The normalized spacial score (nSPS) is 9.00. The van der Waals surface area contributed by atoms with Gasteiger partial charge in [0.2, 0.25) is 6.20 Å². The molecule has 0 N–H and O–H groups in total. The highest BCUT2D eigenvalue weighted by Crippen LogP contribution is 1.72. The minimum absolute atomic E-state index is 1.40. The molecule has 1 rings (SSSR count). The molecule has 0 amide bonds. The maximum Gasteiger partial charge on any atom is 0.303 e. The van der Waals surface area contributed by atoms with Crippen LogP contribution in [-0.2, 0) is 12.8 Å². The molecule has 0 saturated heterocycles. The van der Waals surface area contributed by atoms with Crippen molar-refractivity contribution in [3.8, 4) is 0 Å². The van der Waals surface area contributed by atoms with Crippen LogP contribution >= 0.6 is 12.4 Å². The quantitative estimate of drug-likeness (QED) is 0.384. The molecule has 4 heteroatoms. The van der Waals surface area contributed by atoms with Crippen LogP contribution in [0.1, 0.15) is 0 Å². The van der Waals surface area contributed by atoms with Gasteiger partial charge in [0.1, 0.15) is 0 Å². The molecule has 0 spiro atoms. The Morgan fingerprint density at radius 2 is 2.25 bits per heavy atom. The lowest BCUT2D eigenvalue weighted by Crippen LogP contribution is -2.23. The van der Waals surface area contributed by atoms with Crippen LogP contribution in [0.2, 0.25) is 0 Å². The summed E-state index contributed by atoms with van der Waals surface area (Å²) in [4.78, 5) is 0. The van der Waals surface area contributed by atoms with Crippen molar-refractivity contribution in [2.45, 2.75) is 0 Å². The molecule has 2 nitrogen and oxygen atoms in total. The van der Waals surface area contributed by atoms with Crippen molar-refractivity contribution in [2.24, 2.45) is 0 Å². The molecule has 0 radical (unpaired) electrons. The van der Waals surface area contributed by atoms with Crippen LogP contribution in [0.3, 0.4) is 0 Å². The van der Waals surface area contributed by atoms with E-state index in [2.05, 4.69) is 0 Å². The standard InChI is InChI=1S/C4H4N2S2/c7-5-3-1-2-4-6(5)8/h1-4H. The van der Waals surface area contributed by atoms with Crippen LogP contribution < -0.4 is 3.73 Å². The molecule has 0 atom stereocenters. The molecule has 0 saturated carbocycles. The molecule has 8 heavy (non-hydrogen) atoms. The van der Waals surface area contributed by atoms with Gasteiger partial charge in [-0.05, 0) is 9.79 Å². The summed E-state index contributed by atoms with van der Waals surface area (Å²) in [6.45, 7) is 0. The molecule has 0 aliphatic heterocycles. The third kappa shape index (κ3) is 1.02. The Balaban J connectivity index is 3.35. The van der Waals surface area contributed by atoms with E-state index in [0.29, 0.717) is 0 Å². The van der Waals surface area contributed by atoms with E-state index in [1.54, 1.807) is 12.4 Å². The van der Waals surface area contributed by atoms with Gasteiger partial charge >= 0.3 is 12.4 Å². The molecule has 0 aromatic carbocycles. The zero-order valence-corrected chi connectivity index (χ0v) is 5.65. The molecule has 1 heterocycles. The largest absolute Gasteiger partial charge is 0.620 e. The van der Waals surface area contributed by atoms with Crippen molar-refractivity contribution >= 4 is 25.2 Å².